The van der Waals surface area contributed by atoms with Crippen molar-refractivity contribution < 1.29 is 9.47 Å². The van der Waals surface area contributed by atoms with Gasteiger partial charge in [-0.25, -0.2) is 0 Å². The fourth-order valence-corrected chi connectivity index (χ4v) is 3.03. The monoisotopic (exact) mass is 265 g/mol. The molecule has 5 heteroatoms. The van der Waals surface area contributed by atoms with E-state index in [1.165, 1.54) is 5.69 Å². The second-order valence-electron chi connectivity index (χ2n) is 5.38. The van der Waals surface area contributed by atoms with Gasteiger partial charge < -0.3 is 14.8 Å². The van der Waals surface area contributed by atoms with Crippen molar-refractivity contribution in [2.75, 3.05) is 26.4 Å². The minimum Gasteiger partial charge on any atom is -0.380 e. The van der Waals surface area contributed by atoms with Gasteiger partial charge in [-0.2, -0.15) is 5.10 Å². The average Bonchev–Trinajstić information content (AvgIpc) is 3.16. The van der Waals surface area contributed by atoms with Crippen molar-refractivity contribution in [1.82, 2.24) is 15.1 Å². The topological polar surface area (TPSA) is 48.3 Å². The number of hydrogen-bond donors (Lipinski definition) is 1. The van der Waals surface area contributed by atoms with Gasteiger partial charge in [0, 0.05) is 44.5 Å². The molecule has 3 heterocycles. The van der Waals surface area contributed by atoms with Crippen molar-refractivity contribution in [3.8, 4) is 0 Å². The van der Waals surface area contributed by atoms with Crippen molar-refractivity contribution in [3.63, 3.8) is 0 Å². The lowest BCUT2D eigenvalue weighted by Gasteiger charge is -2.21. The van der Waals surface area contributed by atoms with Crippen LogP contribution >= 0.6 is 0 Å². The largest absolute Gasteiger partial charge is 0.380 e. The van der Waals surface area contributed by atoms with E-state index in [2.05, 4.69) is 23.4 Å². The molecule has 5 nitrogen and oxygen atoms in total. The van der Waals surface area contributed by atoms with Crippen molar-refractivity contribution in [3.05, 3.63) is 18.0 Å². The van der Waals surface area contributed by atoms with Crippen LogP contribution in [-0.4, -0.2) is 42.2 Å². The Bertz CT molecular complexity index is 401. The van der Waals surface area contributed by atoms with Crippen LogP contribution in [0.3, 0.4) is 0 Å². The zero-order chi connectivity index (χ0) is 13.1. The zero-order valence-corrected chi connectivity index (χ0v) is 11.5. The van der Waals surface area contributed by atoms with Gasteiger partial charge in [0.2, 0.25) is 0 Å². The van der Waals surface area contributed by atoms with E-state index in [0.29, 0.717) is 12.0 Å². The number of hydrogen-bond acceptors (Lipinski definition) is 4. The summed E-state index contributed by atoms with van der Waals surface area (Å²) in [6, 6.07) is 2.61. The summed E-state index contributed by atoms with van der Waals surface area (Å²) in [5.74, 6) is 0.544. The van der Waals surface area contributed by atoms with Crippen molar-refractivity contribution in [2.24, 2.45) is 5.92 Å². The maximum Gasteiger partial charge on any atom is 0.103 e. The highest BCUT2D eigenvalue weighted by Gasteiger charge is 2.32. The zero-order valence-electron chi connectivity index (χ0n) is 11.5. The number of ether oxygens (including phenoxy) is 2. The molecule has 3 rings (SSSR count). The highest BCUT2D eigenvalue weighted by Crippen LogP contribution is 2.34. The molecule has 2 aliphatic rings. The third-order valence-electron chi connectivity index (χ3n) is 4.15. The summed E-state index contributed by atoms with van der Waals surface area (Å²) >= 11 is 0. The van der Waals surface area contributed by atoms with Crippen LogP contribution < -0.4 is 5.32 Å². The summed E-state index contributed by atoms with van der Waals surface area (Å²) in [5.41, 5.74) is 1.22. The molecule has 2 fully saturated rings. The second-order valence-corrected chi connectivity index (χ2v) is 5.38. The van der Waals surface area contributed by atoms with Crippen LogP contribution in [0.4, 0.5) is 0 Å². The summed E-state index contributed by atoms with van der Waals surface area (Å²) in [7, 11) is 0. The fraction of sp³-hybridized carbons (Fsp3) is 0.786. The van der Waals surface area contributed by atoms with Gasteiger partial charge in [-0.3, -0.25) is 4.68 Å². The predicted octanol–water partition coefficient (Wildman–Crippen LogP) is 1.36. The maximum atomic E-state index is 5.94. The molecular formula is C14H23N3O2. The van der Waals surface area contributed by atoms with Crippen LogP contribution in [0.15, 0.2) is 12.3 Å². The predicted molar refractivity (Wildman–Crippen MR) is 71.9 cm³/mol. The summed E-state index contributed by atoms with van der Waals surface area (Å²) < 4.78 is 13.4. The van der Waals surface area contributed by atoms with E-state index in [1.54, 1.807) is 0 Å². The van der Waals surface area contributed by atoms with E-state index >= 15 is 0 Å². The molecule has 106 valence electrons. The van der Waals surface area contributed by atoms with E-state index < -0.39 is 0 Å². The molecule has 0 radical (unpaired) electrons. The standard InChI is InChI=1S/C14H23N3O2/c1-2-17-13(3-6-16-17)14-11(4-8-19-14)9-15-12-5-7-18-10-12/h3,6,11-12,14-15H,2,4-5,7-10H2,1H3/t11-,12+,14+/m0/s1. The summed E-state index contributed by atoms with van der Waals surface area (Å²) in [6.07, 6.45) is 4.32. The van der Waals surface area contributed by atoms with E-state index in [1.807, 2.05) is 10.9 Å². The van der Waals surface area contributed by atoms with E-state index in [-0.39, 0.29) is 6.10 Å². The smallest absolute Gasteiger partial charge is 0.103 e. The Morgan fingerprint density at radius 1 is 1.42 bits per heavy atom. The molecule has 2 aliphatic heterocycles. The molecule has 0 saturated carbocycles. The van der Waals surface area contributed by atoms with Gasteiger partial charge in [0.15, 0.2) is 0 Å². The van der Waals surface area contributed by atoms with Gasteiger partial charge in [0.1, 0.15) is 6.10 Å². The van der Waals surface area contributed by atoms with E-state index in [0.717, 1.165) is 45.8 Å². The van der Waals surface area contributed by atoms with Crippen molar-refractivity contribution in [2.45, 2.75) is 38.5 Å². The number of aromatic nitrogens is 2. The van der Waals surface area contributed by atoms with Gasteiger partial charge in [0.05, 0.1) is 12.3 Å². The van der Waals surface area contributed by atoms with Crippen molar-refractivity contribution >= 4 is 0 Å². The van der Waals surface area contributed by atoms with Crippen LogP contribution in [-0.2, 0) is 16.0 Å². The Balaban J connectivity index is 1.61. The molecule has 0 amide bonds. The molecule has 1 aromatic heterocycles. The fourth-order valence-electron chi connectivity index (χ4n) is 3.03. The summed E-state index contributed by atoms with van der Waals surface area (Å²) in [6.45, 7) is 6.63. The summed E-state index contributed by atoms with van der Waals surface area (Å²) in [5, 5.41) is 7.97. The van der Waals surface area contributed by atoms with E-state index in [4.69, 9.17) is 9.47 Å². The number of rotatable bonds is 5. The SMILES string of the molecule is CCn1nccc1[C@@H]1OCC[C@H]1CN[C@@H]1CCOC1. The minimum atomic E-state index is 0.192. The van der Waals surface area contributed by atoms with Crippen LogP contribution in [0.1, 0.15) is 31.6 Å². The first-order chi connectivity index (χ1) is 9.38. The maximum absolute atomic E-state index is 5.94. The van der Waals surface area contributed by atoms with Crippen LogP contribution in [0.5, 0.6) is 0 Å². The summed E-state index contributed by atoms with van der Waals surface area (Å²) in [4.78, 5) is 0. The molecular weight excluding hydrogens is 242 g/mol. The first-order valence-electron chi connectivity index (χ1n) is 7.33. The highest BCUT2D eigenvalue weighted by molar-refractivity contribution is 5.08. The third kappa shape index (κ3) is 2.83. The minimum absolute atomic E-state index is 0.192. The Labute approximate surface area is 114 Å². The lowest BCUT2D eigenvalue weighted by molar-refractivity contribution is 0.0821. The van der Waals surface area contributed by atoms with Crippen LogP contribution in [0.2, 0.25) is 0 Å². The molecule has 3 atom stereocenters. The van der Waals surface area contributed by atoms with Crippen LogP contribution in [0.25, 0.3) is 0 Å². The van der Waals surface area contributed by atoms with Gasteiger partial charge in [-0.15, -0.1) is 0 Å². The van der Waals surface area contributed by atoms with Gasteiger partial charge in [0.25, 0.3) is 0 Å². The molecule has 1 N–H and O–H groups in total. The number of nitrogens with one attached hydrogen (secondary N) is 1. The van der Waals surface area contributed by atoms with E-state index in [9.17, 15) is 0 Å². The van der Waals surface area contributed by atoms with Gasteiger partial charge in [-0.05, 0) is 25.8 Å². The highest BCUT2D eigenvalue weighted by atomic mass is 16.5. The molecule has 0 unspecified atom stereocenters. The lowest BCUT2D eigenvalue weighted by atomic mass is 9.98. The normalized spacial score (nSPS) is 31.1. The average molecular weight is 265 g/mol. The second kappa shape index (κ2) is 6.03. The van der Waals surface area contributed by atoms with Crippen molar-refractivity contribution in [1.29, 1.82) is 0 Å². The number of nitrogens with zero attached hydrogens (tertiary/aromatic N) is 2. The lowest BCUT2D eigenvalue weighted by Crippen LogP contribution is -2.34. The molecule has 0 aromatic carbocycles. The number of aryl methyl sites for hydroxylation is 1. The Hall–Kier alpha value is -0.910. The first kappa shape index (κ1) is 13.1. The van der Waals surface area contributed by atoms with Gasteiger partial charge >= 0.3 is 0 Å². The van der Waals surface area contributed by atoms with Gasteiger partial charge in [-0.1, -0.05) is 0 Å². The molecule has 1 aromatic rings. The molecule has 0 spiro atoms. The van der Waals surface area contributed by atoms with Crippen LogP contribution in [0, 0.1) is 5.92 Å². The molecule has 2 saturated heterocycles. The first-order valence-corrected chi connectivity index (χ1v) is 7.33. The molecule has 0 bridgehead atoms. The molecule has 19 heavy (non-hydrogen) atoms. The third-order valence-corrected chi connectivity index (χ3v) is 4.15. The Morgan fingerprint density at radius 2 is 2.37 bits per heavy atom. The Kier molecular flexibility index (Phi) is 4.15. The Morgan fingerprint density at radius 3 is 3.16 bits per heavy atom. The molecule has 0 aliphatic carbocycles. The quantitative estimate of drug-likeness (QED) is 0.873.